The summed E-state index contributed by atoms with van der Waals surface area (Å²) in [5.41, 5.74) is 3.28. The van der Waals surface area contributed by atoms with Crippen molar-refractivity contribution in [1.82, 2.24) is 19.6 Å². The first-order chi connectivity index (χ1) is 11.5. The molecule has 0 aromatic carbocycles. The Morgan fingerprint density at radius 2 is 2.12 bits per heavy atom. The minimum absolute atomic E-state index is 0.0119. The molecule has 2 rings (SSSR count). The van der Waals surface area contributed by atoms with Crippen LogP contribution < -0.4 is 0 Å². The Morgan fingerprint density at radius 3 is 2.71 bits per heavy atom. The standard InChI is InChI=1S/C18H32N4O2/c1-6-21-10-8-7-9-17(21)18(23)22(11-12-24-5)13-16-14(2)19-20(4)15(16)3/h17H,6-13H2,1-5H3/t17-/m1/s1. The van der Waals surface area contributed by atoms with Crippen molar-refractivity contribution in [1.29, 1.82) is 0 Å². The maximum Gasteiger partial charge on any atom is 0.240 e. The second kappa shape index (κ2) is 8.62. The van der Waals surface area contributed by atoms with E-state index in [0.29, 0.717) is 19.7 Å². The molecule has 1 amide bonds. The zero-order valence-corrected chi connectivity index (χ0v) is 15.8. The summed E-state index contributed by atoms with van der Waals surface area (Å²) in [6, 6.07) is 0.0119. The van der Waals surface area contributed by atoms with Crippen LogP contribution in [0.25, 0.3) is 0 Å². The average Bonchev–Trinajstić information content (AvgIpc) is 2.83. The molecule has 0 aliphatic carbocycles. The van der Waals surface area contributed by atoms with Crippen LogP contribution in [-0.4, -0.2) is 64.9 Å². The summed E-state index contributed by atoms with van der Waals surface area (Å²) < 4.78 is 7.13. The molecule has 6 nitrogen and oxygen atoms in total. The largest absolute Gasteiger partial charge is 0.383 e. The molecule has 24 heavy (non-hydrogen) atoms. The molecule has 0 spiro atoms. The summed E-state index contributed by atoms with van der Waals surface area (Å²) in [5, 5.41) is 4.48. The van der Waals surface area contributed by atoms with Crippen LogP contribution >= 0.6 is 0 Å². The van der Waals surface area contributed by atoms with E-state index >= 15 is 0 Å². The van der Waals surface area contributed by atoms with Gasteiger partial charge in [-0.25, -0.2) is 0 Å². The van der Waals surface area contributed by atoms with E-state index in [1.165, 1.54) is 6.42 Å². The molecule has 2 heterocycles. The minimum atomic E-state index is 0.0119. The maximum atomic E-state index is 13.2. The minimum Gasteiger partial charge on any atom is -0.383 e. The third-order valence-corrected chi connectivity index (χ3v) is 5.19. The van der Waals surface area contributed by atoms with Crippen molar-refractivity contribution in [2.45, 2.75) is 52.6 Å². The van der Waals surface area contributed by atoms with E-state index in [9.17, 15) is 4.79 Å². The van der Waals surface area contributed by atoms with Gasteiger partial charge in [-0.1, -0.05) is 13.3 Å². The fourth-order valence-corrected chi connectivity index (χ4v) is 3.57. The first kappa shape index (κ1) is 18.9. The third-order valence-electron chi connectivity index (χ3n) is 5.19. The van der Waals surface area contributed by atoms with Crippen LogP contribution in [0.4, 0.5) is 0 Å². The number of aromatic nitrogens is 2. The van der Waals surface area contributed by atoms with E-state index in [-0.39, 0.29) is 11.9 Å². The highest BCUT2D eigenvalue weighted by Gasteiger charge is 2.31. The predicted molar refractivity (Wildman–Crippen MR) is 94.9 cm³/mol. The number of nitrogens with zero attached hydrogens (tertiary/aromatic N) is 4. The number of amides is 1. The molecule has 1 aliphatic rings. The quantitative estimate of drug-likeness (QED) is 0.763. The molecule has 0 N–H and O–H groups in total. The van der Waals surface area contributed by atoms with Gasteiger partial charge < -0.3 is 9.64 Å². The fraction of sp³-hybridized carbons (Fsp3) is 0.778. The molecule has 0 saturated carbocycles. The Balaban J connectivity index is 2.18. The number of likely N-dealkylation sites (N-methyl/N-ethyl adjacent to an activating group) is 1. The van der Waals surface area contributed by atoms with Gasteiger partial charge in [-0.15, -0.1) is 0 Å². The van der Waals surface area contributed by atoms with E-state index < -0.39 is 0 Å². The van der Waals surface area contributed by atoms with Gasteiger partial charge in [0.2, 0.25) is 5.91 Å². The number of rotatable bonds is 7. The second-order valence-electron chi connectivity index (χ2n) is 6.67. The highest BCUT2D eigenvalue weighted by molar-refractivity contribution is 5.82. The van der Waals surface area contributed by atoms with Crippen LogP contribution in [0.2, 0.25) is 0 Å². The van der Waals surface area contributed by atoms with Gasteiger partial charge in [-0.2, -0.15) is 5.10 Å². The summed E-state index contributed by atoms with van der Waals surface area (Å²) in [6.45, 7) is 9.96. The number of carbonyl (C=O) groups is 1. The Hall–Kier alpha value is -1.40. The number of methoxy groups -OCH3 is 1. The lowest BCUT2D eigenvalue weighted by Crippen LogP contribution is -2.51. The summed E-state index contributed by atoms with van der Waals surface area (Å²) in [4.78, 5) is 17.5. The van der Waals surface area contributed by atoms with E-state index in [0.717, 1.165) is 42.9 Å². The van der Waals surface area contributed by atoms with Gasteiger partial charge in [0.1, 0.15) is 0 Å². The molecular formula is C18H32N4O2. The lowest BCUT2D eigenvalue weighted by atomic mass is 10.0. The van der Waals surface area contributed by atoms with E-state index in [1.54, 1.807) is 7.11 Å². The molecule has 1 atom stereocenters. The number of carbonyl (C=O) groups excluding carboxylic acids is 1. The van der Waals surface area contributed by atoms with E-state index in [1.807, 2.05) is 23.6 Å². The zero-order valence-electron chi connectivity index (χ0n) is 15.8. The number of hydrogen-bond donors (Lipinski definition) is 0. The number of piperidine rings is 1. The van der Waals surface area contributed by atoms with Crippen molar-refractivity contribution in [3.05, 3.63) is 17.0 Å². The Bertz CT molecular complexity index is 555. The maximum absolute atomic E-state index is 13.2. The Kier molecular flexibility index (Phi) is 6.80. The van der Waals surface area contributed by atoms with Crippen molar-refractivity contribution in [3.63, 3.8) is 0 Å². The van der Waals surface area contributed by atoms with Crippen molar-refractivity contribution in [2.75, 3.05) is 33.4 Å². The molecule has 0 unspecified atom stereocenters. The molecule has 1 aromatic heterocycles. The number of hydrogen-bond acceptors (Lipinski definition) is 4. The molecule has 1 saturated heterocycles. The third kappa shape index (κ3) is 4.16. The first-order valence-corrected chi connectivity index (χ1v) is 9.00. The molecular weight excluding hydrogens is 304 g/mol. The van der Waals surface area contributed by atoms with Crippen molar-refractivity contribution in [2.24, 2.45) is 7.05 Å². The molecule has 1 aromatic rings. The van der Waals surface area contributed by atoms with Crippen molar-refractivity contribution < 1.29 is 9.53 Å². The first-order valence-electron chi connectivity index (χ1n) is 9.00. The van der Waals surface area contributed by atoms with Gasteiger partial charge in [0.05, 0.1) is 18.3 Å². The van der Waals surface area contributed by atoms with Crippen LogP contribution in [0.15, 0.2) is 0 Å². The lowest BCUT2D eigenvalue weighted by molar-refractivity contribution is -0.139. The Morgan fingerprint density at radius 1 is 1.38 bits per heavy atom. The highest BCUT2D eigenvalue weighted by atomic mass is 16.5. The Labute approximate surface area is 145 Å². The van der Waals surface area contributed by atoms with Crippen LogP contribution in [-0.2, 0) is 23.1 Å². The van der Waals surface area contributed by atoms with Gasteiger partial charge in [0, 0.05) is 38.5 Å². The van der Waals surface area contributed by atoms with Crippen molar-refractivity contribution >= 4 is 5.91 Å². The number of likely N-dealkylation sites (tertiary alicyclic amines) is 1. The van der Waals surface area contributed by atoms with Gasteiger partial charge in [-0.05, 0) is 39.8 Å². The average molecular weight is 336 g/mol. The monoisotopic (exact) mass is 336 g/mol. The van der Waals surface area contributed by atoms with Gasteiger partial charge in [0.15, 0.2) is 0 Å². The van der Waals surface area contributed by atoms with Crippen LogP contribution in [0.3, 0.4) is 0 Å². The van der Waals surface area contributed by atoms with Gasteiger partial charge in [0.25, 0.3) is 0 Å². The zero-order chi connectivity index (χ0) is 17.7. The molecule has 136 valence electrons. The molecule has 1 fully saturated rings. The summed E-state index contributed by atoms with van der Waals surface area (Å²) in [7, 11) is 3.63. The molecule has 6 heteroatoms. The van der Waals surface area contributed by atoms with E-state index in [4.69, 9.17) is 4.74 Å². The molecule has 0 radical (unpaired) electrons. The van der Waals surface area contributed by atoms with Gasteiger partial charge >= 0.3 is 0 Å². The van der Waals surface area contributed by atoms with Crippen LogP contribution in [0.1, 0.15) is 43.1 Å². The summed E-state index contributed by atoms with van der Waals surface area (Å²) in [5.74, 6) is 0.233. The van der Waals surface area contributed by atoms with Crippen LogP contribution in [0.5, 0.6) is 0 Å². The smallest absolute Gasteiger partial charge is 0.240 e. The number of ether oxygens (including phenoxy) is 1. The summed E-state index contributed by atoms with van der Waals surface area (Å²) >= 11 is 0. The fourth-order valence-electron chi connectivity index (χ4n) is 3.57. The highest BCUT2D eigenvalue weighted by Crippen LogP contribution is 2.21. The topological polar surface area (TPSA) is 50.6 Å². The van der Waals surface area contributed by atoms with Crippen LogP contribution in [0, 0.1) is 13.8 Å². The predicted octanol–water partition coefficient (Wildman–Crippen LogP) is 1.89. The molecule has 0 bridgehead atoms. The van der Waals surface area contributed by atoms with E-state index in [2.05, 4.69) is 23.8 Å². The van der Waals surface area contributed by atoms with Crippen molar-refractivity contribution in [3.8, 4) is 0 Å². The molecule has 1 aliphatic heterocycles. The van der Waals surface area contributed by atoms with Gasteiger partial charge in [-0.3, -0.25) is 14.4 Å². The second-order valence-corrected chi connectivity index (χ2v) is 6.67. The SMILES string of the molecule is CCN1CCCC[C@@H]1C(=O)N(CCOC)Cc1c(C)nn(C)c1C. The number of aryl methyl sites for hydroxylation is 2. The lowest BCUT2D eigenvalue weighted by Gasteiger charge is -2.37. The summed E-state index contributed by atoms with van der Waals surface area (Å²) in [6.07, 6.45) is 3.29. The normalized spacial score (nSPS) is 18.8.